The Hall–Kier alpha value is -1.99. The minimum atomic E-state index is -0.905. The summed E-state index contributed by atoms with van der Waals surface area (Å²) in [5.41, 5.74) is 7.70. The van der Waals surface area contributed by atoms with E-state index in [0.29, 0.717) is 18.9 Å². The number of carbonyl (C=O) groups is 2. The summed E-state index contributed by atoms with van der Waals surface area (Å²) in [7, 11) is 0. The highest BCUT2D eigenvalue weighted by Crippen LogP contribution is 2.36. The number of piperidine rings is 1. The van der Waals surface area contributed by atoms with Gasteiger partial charge in [0, 0.05) is 38.0 Å². The molecule has 0 spiro atoms. The van der Waals surface area contributed by atoms with E-state index in [2.05, 4.69) is 35.1 Å². The van der Waals surface area contributed by atoms with E-state index in [9.17, 15) is 14.0 Å². The molecule has 5 unspecified atom stereocenters. The number of alkyl halides is 1. The molecule has 31 heavy (non-hydrogen) atoms. The van der Waals surface area contributed by atoms with Crippen molar-refractivity contribution in [3.63, 3.8) is 0 Å². The first-order valence-electron chi connectivity index (χ1n) is 11.9. The number of halogens is 1. The van der Waals surface area contributed by atoms with Crippen LogP contribution in [-0.4, -0.2) is 59.6 Å². The Labute approximate surface area is 183 Å². The predicted molar refractivity (Wildman–Crippen MR) is 115 cm³/mol. The highest BCUT2D eigenvalue weighted by atomic mass is 19.1. The number of hydrogen-bond donors (Lipinski definition) is 2. The Morgan fingerprint density at radius 3 is 2.61 bits per heavy atom. The summed E-state index contributed by atoms with van der Waals surface area (Å²) in [5.74, 6) is 0.139. The number of nitrogens with one attached hydrogen (secondary N) is 2. The van der Waals surface area contributed by atoms with Gasteiger partial charge in [-0.2, -0.15) is 0 Å². The molecule has 168 valence electrons. The van der Waals surface area contributed by atoms with Crippen LogP contribution in [0, 0.1) is 17.8 Å². The zero-order chi connectivity index (χ0) is 21.4. The molecule has 5 rings (SSSR count). The molecule has 2 amide bonds. The average molecular weight is 429 g/mol. The van der Waals surface area contributed by atoms with Crippen molar-refractivity contribution in [3.05, 3.63) is 35.9 Å². The third-order valence-corrected chi connectivity index (χ3v) is 7.80. The van der Waals surface area contributed by atoms with E-state index in [4.69, 9.17) is 0 Å². The maximum atomic E-state index is 14.6. The normalized spacial score (nSPS) is 34.2. The standard InChI is InChI=1S/C24H33FN4O2/c25-19-7-4-8-20-22(19)23(27-26-20)29-15-18(14-21(29)30)24(31)28-11-9-17(10-12-28)13-16-5-2-1-3-6-16/h1-3,5-6,17-20,22-23,26-27H,4,7-15H2. The van der Waals surface area contributed by atoms with Gasteiger partial charge in [0.05, 0.1) is 5.92 Å². The number of nitrogens with zero attached hydrogens (tertiary/aromatic N) is 2. The topological polar surface area (TPSA) is 64.7 Å². The van der Waals surface area contributed by atoms with Gasteiger partial charge >= 0.3 is 0 Å². The highest BCUT2D eigenvalue weighted by Gasteiger charge is 2.50. The maximum absolute atomic E-state index is 14.6. The number of hydrogen-bond acceptors (Lipinski definition) is 4. The molecule has 1 aliphatic carbocycles. The smallest absolute Gasteiger partial charge is 0.227 e. The summed E-state index contributed by atoms with van der Waals surface area (Å²) in [5, 5.41) is 0. The van der Waals surface area contributed by atoms with Crippen LogP contribution >= 0.6 is 0 Å². The van der Waals surface area contributed by atoms with Crippen LogP contribution in [0.1, 0.15) is 44.1 Å². The summed E-state index contributed by atoms with van der Waals surface area (Å²) in [4.78, 5) is 29.6. The first-order chi connectivity index (χ1) is 15.1. The van der Waals surface area contributed by atoms with Gasteiger partial charge in [-0.25, -0.2) is 9.82 Å². The van der Waals surface area contributed by atoms with Crippen molar-refractivity contribution in [1.82, 2.24) is 20.7 Å². The summed E-state index contributed by atoms with van der Waals surface area (Å²) < 4.78 is 14.6. The number of benzene rings is 1. The minimum absolute atomic E-state index is 0.0324. The molecule has 1 saturated carbocycles. The van der Waals surface area contributed by atoms with E-state index in [-0.39, 0.29) is 42.3 Å². The predicted octanol–water partition coefficient (Wildman–Crippen LogP) is 2.26. The molecule has 3 aliphatic heterocycles. The molecule has 4 fully saturated rings. The number of rotatable bonds is 4. The Bertz CT molecular complexity index is 798. The lowest BCUT2D eigenvalue weighted by Crippen LogP contribution is -2.51. The fourth-order valence-corrected chi connectivity index (χ4v) is 6.06. The Morgan fingerprint density at radius 2 is 1.84 bits per heavy atom. The summed E-state index contributed by atoms with van der Waals surface area (Å²) >= 11 is 0. The third kappa shape index (κ3) is 4.22. The number of likely N-dealkylation sites (tertiary alicyclic amines) is 2. The molecular weight excluding hydrogens is 395 g/mol. The monoisotopic (exact) mass is 428 g/mol. The van der Waals surface area contributed by atoms with Gasteiger partial charge < -0.3 is 9.80 Å². The van der Waals surface area contributed by atoms with Crippen molar-refractivity contribution in [2.24, 2.45) is 17.8 Å². The molecule has 0 bridgehead atoms. The van der Waals surface area contributed by atoms with Crippen LogP contribution in [0.4, 0.5) is 4.39 Å². The molecule has 5 atom stereocenters. The summed E-state index contributed by atoms with van der Waals surface area (Å²) in [6.45, 7) is 1.93. The lowest BCUT2D eigenvalue weighted by Gasteiger charge is -2.35. The molecule has 1 aromatic rings. The van der Waals surface area contributed by atoms with Crippen LogP contribution in [0.15, 0.2) is 30.3 Å². The summed E-state index contributed by atoms with van der Waals surface area (Å²) in [6, 6.07) is 10.6. The average Bonchev–Trinajstić information content (AvgIpc) is 3.39. The molecule has 0 radical (unpaired) electrons. The number of amides is 2. The van der Waals surface area contributed by atoms with Crippen LogP contribution in [0.25, 0.3) is 0 Å². The number of hydrazine groups is 1. The molecule has 0 aromatic heterocycles. The van der Waals surface area contributed by atoms with Crippen LogP contribution in [-0.2, 0) is 16.0 Å². The van der Waals surface area contributed by atoms with Crippen molar-refractivity contribution in [2.45, 2.75) is 63.3 Å². The van der Waals surface area contributed by atoms with Gasteiger partial charge in [-0.05, 0) is 50.0 Å². The van der Waals surface area contributed by atoms with Gasteiger partial charge in [0.2, 0.25) is 11.8 Å². The van der Waals surface area contributed by atoms with Gasteiger partial charge in [-0.15, -0.1) is 0 Å². The molecule has 6 nitrogen and oxygen atoms in total. The van der Waals surface area contributed by atoms with E-state index in [1.807, 2.05) is 11.0 Å². The van der Waals surface area contributed by atoms with Crippen molar-refractivity contribution in [1.29, 1.82) is 0 Å². The van der Waals surface area contributed by atoms with E-state index < -0.39 is 6.17 Å². The molecule has 1 aromatic carbocycles. The van der Waals surface area contributed by atoms with Gasteiger partial charge in [-0.1, -0.05) is 30.3 Å². The Kier molecular flexibility index (Phi) is 5.97. The van der Waals surface area contributed by atoms with Crippen LogP contribution in [0.5, 0.6) is 0 Å². The van der Waals surface area contributed by atoms with Crippen molar-refractivity contribution in [3.8, 4) is 0 Å². The zero-order valence-electron chi connectivity index (χ0n) is 18.0. The molecule has 3 heterocycles. The largest absolute Gasteiger partial charge is 0.342 e. The second-order valence-electron chi connectivity index (χ2n) is 9.77. The molecule has 7 heteroatoms. The molecular formula is C24H33FN4O2. The second-order valence-corrected chi connectivity index (χ2v) is 9.77. The van der Waals surface area contributed by atoms with Gasteiger partial charge in [0.25, 0.3) is 0 Å². The molecule has 4 aliphatic rings. The fraction of sp³-hybridized carbons (Fsp3) is 0.667. The first-order valence-corrected chi connectivity index (χ1v) is 11.9. The lowest BCUT2D eigenvalue weighted by atomic mass is 9.82. The summed E-state index contributed by atoms with van der Waals surface area (Å²) in [6.07, 6.45) is 4.43. The molecule has 2 N–H and O–H groups in total. The fourth-order valence-electron chi connectivity index (χ4n) is 6.06. The Balaban J connectivity index is 1.16. The van der Waals surface area contributed by atoms with E-state index in [1.54, 1.807) is 4.90 Å². The maximum Gasteiger partial charge on any atom is 0.227 e. The highest BCUT2D eigenvalue weighted by molar-refractivity contribution is 5.89. The van der Waals surface area contributed by atoms with Gasteiger partial charge in [0.15, 0.2) is 0 Å². The molecule has 3 saturated heterocycles. The first kappa shape index (κ1) is 20.9. The second kappa shape index (κ2) is 8.87. The Morgan fingerprint density at radius 1 is 1.06 bits per heavy atom. The zero-order valence-corrected chi connectivity index (χ0v) is 18.0. The van der Waals surface area contributed by atoms with Crippen LogP contribution < -0.4 is 10.9 Å². The van der Waals surface area contributed by atoms with Crippen LogP contribution in [0.3, 0.4) is 0 Å². The van der Waals surface area contributed by atoms with Crippen molar-refractivity contribution in [2.75, 3.05) is 19.6 Å². The van der Waals surface area contributed by atoms with Crippen LogP contribution in [0.2, 0.25) is 0 Å². The number of fused-ring (bicyclic) bond motifs is 1. The minimum Gasteiger partial charge on any atom is -0.342 e. The van der Waals surface area contributed by atoms with Gasteiger partial charge in [0.1, 0.15) is 12.3 Å². The van der Waals surface area contributed by atoms with E-state index in [1.165, 1.54) is 5.56 Å². The van der Waals surface area contributed by atoms with E-state index in [0.717, 1.165) is 45.2 Å². The third-order valence-electron chi connectivity index (χ3n) is 7.80. The van der Waals surface area contributed by atoms with Crippen molar-refractivity contribution < 1.29 is 14.0 Å². The number of carbonyl (C=O) groups excluding carboxylic acids is 2. The quantitative estimate of drug-likeness (QED) is 0.772. The van der Waals surface area contributed by atoms with Crippen molar-refractivity contribution >= 4 is 11.8 Å². The SMILES string of the molecule is O=C(C1CC(=O)N(C2NNC3CCCC(F)C32)C1)N1CCC(Cc2ccccc2)CC1. The lowest BCUT2D eigenvalue weighted by molar-refractivity contribution is -0.137. The van der Waals surface area contributed by atoms with E-state index >= 15 is 0 Å². The van der Waals surface area contributed by atoms with Gasteiger partial charge in [-0.3, -0.25) is 15.0 Å².